The van der Waals surface area contributed by atoms with Gasteiger partial charge in [-0.15, -0.1) is 0 Å². The van der Waals surface area contributed by atoms with E-state index in [0.717, 1.165) is 35.9 Å². The zero-order valence-corrected chi connectivity index (χ0v) is 12.1. The summed E-state index contributed by atoms with van der Waals surface area (Å²) in [4.78, 5) is 7.63. The standard InChI is InChI=1S/C14H21ClN2O/c1-4-17(5-2)10-11-18-16-12(3)13-6-8-14(15)9-7-13/h6-9H,4-5,10-11H2,1-3H3/b16-12-. The molecule has 0 atom stereocenters. The van der Waals surface area contributed by atoms with Crippen molar-refractivity contribution in [3.8, 4) is 0 Å². The minimum Gasteiger partial charge on any atom is -0.394 e. The van der Waals surface area contributed by atoms with Gasteiger partial charge in [0.05, 0.1) is 5.71 Å². The number of rotatable bonds is 7. The first-order chi connectivity index (χ1) is 8.67. The van der Waals surface area contributed by atoms with E-state index in [1.165, 1.54) is 0 Å². The molecule has 0 bridgehead atoms. The summed E-state index contributed by atoms with van der Waals surface area (Å²) in [5, 5.41) is 4.84. The molecule has 3 nitrogen and oxygen atoms in total. The van der Waals surface area contributed by atoms with E-state index in [1.54, 1.807) is 0 Å². The molecular formula is C14H21ClN2O. The van der Waals surface area contributed by atoms with E-state index in [-0.39, 0.29) is 0 Å². The van der Waals surface area contributed by atoms with Gasteiger partial charge in [-0.1, -0.05) is 42.7 Å². The zero-order valence-electron chi connectivity index (χ0n) is 11.3. The van der Waals surface area contributed by atoms with Crippen LogP contribution < -0.4 is 0 Å². The van der Waals surface area contributed by atoms with Crippen LogP contribution in [0.2, 0.25) is 5.02 Å². The molecule has 4 heteroatoms. The lowest BCUT2D eigenvalue weighted by Crippen LogP contribution is -2.26. The maximum atomic E-state index is 5.83. The second-order valence-corrected chi connectivity index (χ2v) is 4.48. The molecule has 0 saturated heterocycles. The lowest BCUT2D eigenvalue weighted by Gasteiger charge is -2.16. The Hall–Kier alpha value is -1.06. The van der Waals surface area contributed by atoms with Crippen LogP contribution in [0.25, 0.3) is 0 Å². The van der Waals surface area contributed by atoms with Gasteiger partial charge < -0.3 is 9.74 Å². The molecule has 0 aromatic heterocycles. The normalized spacial score (nSPS) is 11.9. The summed E-state index contributed by atoms with van der Waals surface area (Å²) in [5.74, 6) is 0. The van der Waals surface area contributed by atoms with Gasteiger partial charge >= 0.3 is 0 Å². The second-order valence-electron chi connectivity index (χ2n) is 4.04. The van der Waals surface area contributed by atoms with Crippen LogP contribution in [-0.2, 0) is 4.84 Å². The molecule has 1 rings (SSSR count). The van der Waals surface area contributed by atoms with E-state index in [0.29, 0.717) is 6.61 Å². The third-order valence-corrected chi connectivity index (χ3v) is 3.11. The van der Waals surface area contributed by atoms with Crippen molar-refractivity contribution in [3.63, 3.8) is 0 Å². The Bertz CT molecular complexity index is 372. The third-order valence-electron chi connectivity index (χ3n) is 2.86. The Morgan fingerprint density at radius 1 is 1.22 bits per heavy atom. The van der Waals surface area contributed by atoms with Crippen molar-refractivity contribution in [2.75, 3.05) is 26.2 Å². The number of oxime groups is 1. The highest BCUT2D eigenvalue weighted by Crippen LogP contribution is 2.10. The molecule has 0 saturated carbocycles. The lowest BCUT2D eigenvalue weighted by molar-refractivity contribution is 0.114. The molecule has 0 unspecified atom stereocenters. The van der Waals surface area contributed by atoms with Crippen molar-refractivity contribution in [3.05, 3.63) is 34.9 Å². The van der Waals surface area contributed by atoms with Gasteiger partial charge in [0.15, 0.2) is 0 Å². The van der Waals surface area contributed by atoms with Gasteiger partial charge in [0.2, 0.25) is 0 Å². The van der Waals surface area contributed by atoms with Crippen LogP contribution in [0.1, 0.15) is 26.3 Å². The van der Waals surface area contributed by atoms with E-state index in [4.69, 9.17) is 16.4 Å². The molecule has 0 fully saturated rings. The number of likely N-dealkylation sites (N-methyl/N-ethyl adjacent to an activating group) is 1. The Balaban J connectivity index is 2.40. The Morgan fingerprint density at radius 3 is 2.39 bits per heavy atom. The third kappa shape index (κ3) is 5.07. The average Bonchev–Trinajstić information content (AvgIpc) is 2.39. The maximum Gasteiger partial charge on any atom is 0.129 e. The number of hydrogen-bond acceptors (Lipinski definition) is 3. The quantitative estimate of drug-likeness (QED) is 0.430. The highest BCUT2D eigenvalue weighted by molar-refractivity contribution is 6.30. The van der Waals surface area contributed by atoms with Gasteiger partial charge in [0.25, 0.3) is 0 Å². The summed E-state index contributed by atoms with van der Waals surface area (Å²) < 4.78 is 0. The monoisotopic (exact) mass is 268 g/mol. The smallest absolute Gasteiger partial charge is 0.129 e. The number of benzene rings is 1. The summed E-state index contributed by atoms with van der Waals surface area (Å²) in [5.41, 5.74) is 1.90. The van der Waals surface area contributed by atoms with E-state index in [1.807, 2.05) is 31.2 Å². The highest BCUT2D eigenvalue weighted by atomic mass is 35.5. The first-order valence-corrected chi connectivity index (χ1v) is 6.70. The van der Waals surface area contributed by atoms with Crippen LogP contribution in [0.4, 0.5) is 0 Å². The Labute approximate surface area is 114 Å². The number of halogens is 1. The summed E-state index contributed by atoms with van der Waals surface area (Å²) >= 11 is 5.83. The van der Waals surface area contributed by atoms with Crippen molar-refractivity contribution in [2.45, 2.75) is 20.8 Å². The second kappa shape index (κ2) is 8.11. The summed E-state index contributed by atoms with van der Waals surface area (Å²) in [6.07, 6.45) is 0. The van der Waals surface area contributed by atoms with Gasteiger partial charge in [0, 0.05) is 11.6 Å². The zero-order chi connectivity index (χ0) is 13.4. The molecule has 0 aliphatic carbocycles. The van der Waals surface area contributed by atoms with Crippen molar-refractivity contribution in [2.24, 2.45) is 5.16 Å². The molecule has 0 spiro atoms. The minimum absolute atomic E-state index is 0.618. The molecule has 0 heterocycles. The summed E-state index contributed by atoms with van der Waals surface area (Å²) in [7, 11) is 0. The van der Waals surface area contributed by atoms with Gasteiger partial charge in [-0.2, -0.15) is 0 Å². The van der Waals surface area contributed by atoms with Crippen LogP contribution in [0.3, 0.4) is 0 Å². The van der Waals surface area contributed by atoms with Crippen LogP contribution in [-0.4, -0.2) is 36.9 Å². The SMILES string of the molecule is CCN(CC)CCO/N=C(/C)c1ccc(Cl)cc1. The van der Waals surface area contributed by atoms with Gasteiger partial charge in [-0.05, 0) is 37.7 Å². The summed E-state index contributed by atoms with van der Waals surface area (Å²) in [6.45, 7) is 9.83. The van der Waals surface area contributed by atoms with Crippen LogP contribution >= 0.6 is 11.6 Å². The fourth-order valence-corrected chi connectivity index (χ4v) is 1.72. The van der Waals surface area contributed by atoms with E-state index < -0.39 is 0 Å². The maximum absolute atomic E-state index is 5.83. The first-order valence-electron chi connectivity index (χ1n) is 6.32. The van der Waals surface area contributed by atoms with Crippen molar-refractivity contribution in [1.29, 1.82) is 0 Å². The van der Waals surface area contributed by atoms with Crippen LogP contribution in [0, 0.1) is 0 Å². The molecule has 0 aliphatic heterocycles. The van der Waals surface area contributed by atoms with Crippen molar-refractivity contribution >= 4 is 17.3 Å². The van der Waals surface area contributed by atoms with Crippen molar-refractivity contribution < 1.29 is 4.84 Å². The molecule has 0 N–H and O–H groups in total. The van der Waals surface area contributed by atoms with Gasteiger partial charge in [-0.25, -0.2) is 0 Å². The number of nitrogens with zero attached hydrogens (tertiary/aromatic N) is 2. The van der Waals surface area contributed by atoms with Gasteiger partial charge in [-0.3, -0.25) is 0 Å². The van der Waals surface area contributed by atoms with Gasteiger partial charge in [0.1, 0.15) is 6.61 Å². The average molecular weight is 269 g/mol. The lowest BCUT2D eigenvalue weighted by atomic mass is 10.1. The van der Waals surface area contributed by atoms with Crippen LogP contribution in [0.5, 0.6) is 0 Å². The van der Waals surface area contributed by atoms with E-state index in [2.05, 4.69) is 23.9 Å². The Kier molecular flexibility index (Phi) is 6.76. The van der Waals surface area contributed by atoms with E-state index in [9.17, 15) is 0 Å². The van der Waals surface area contributed by atoms with Crippen molar-refractivity contribution in [1.82, 2.24) is 4.90 Å². The predicted octanol–water partition coefficient (Wildman–Crippen LogP) is 3.42. The molecule has 0 amide bonds. The molecule has 100 valence electrons. The first kappa shape index (κ1) is 15.0. The molecule has 1 aromatic carbocycles. The highest BCUT2D eigenvalue weighted by Gasteiger charge is 2.00. The number of hydrogen-bond donors (Lipinski definition) is 0. The molecule has 18 heavy (non-hydrogen) atoms. The fourth-order valence-electron chi connectivity index (χ4n) is 1.60. The molecule has 0 radical (unpaired) electrons. The van der Waals surface area contributed by atoms with E-state index >= 15 is 0 Å². The minimum atomic E-state index is 0.618. The molecular weight excluding hydrogens is 248 g/mol. The molecule has 1 aromatic rings. The Morgan fingerprint density at radius 2 is 1.83 bits per heavy atom. The van der Waals surface area contributed by atoms with Crippen LogP contribution in [0.15, 0.2) is 29.4 Å². The molecule has 0 aliphatic rings. The summed E-state index contributed by atoms with van der Waals surface area (Å²) in [6, 6.07) is 7.58. The fraction of sp³-hybridized carbons (Fsp3) is 0.500. The largest absolute Gasteiger partial charge is 0.394 e. The predicted molar refractivity (Wildman–Crippen MR) is 77.4 cm³/mol. The topological polar surface area (TPSA) is 24.8 Å².